The average Bonchev–Trinajstić information content (AvgIpc) is 3.05. The van der Waals surface area contributed by atoms with Gasteiger partial charge >= 0.3 is 0 Å². The number of rotatable bonds is 3. The average molecular weight is 425 g/mol. The molecule has 0 amide bonds. The van der Waals surface area contributed by atoms with Crippen LogP contribution in [-0.2, 0) is 4.79 Å². The van der Waals surface area contributed by atoms with Crippen molar-refractivity contribution in [3.8, 4) is 24.7 Å². The number of carbonyl (C=O) groups is 1. The van der Waals surface area contributed by atoms with Crippen LogP contribution in [-0.4, -0.2) is 39.4 Å². The molecule has 3 N–H and O–H groups in total. The molecule has 2 saturated carbocycles. The first-order valence-electron chi connectivity index (χ1n) is 11.8. The van der Waals surface area contributed by atoms with E-state index >= 15 is 0 Å². The molecular weight excluding hydrogens is 388 g/mol. The molecule has 0 aromatic rings. The Hall–Kier alpha value is -1.59. The molecule has 31 heavy (non-hydrogen) atoms. The van der Waals surface area contributed by atoms with Crippen molar-refractivity contribution in [1.82, 2.24) is 0 Å². The molecule has 0 aromatic carbocycles. The van der Waals surface area contributed by atoms with Gasteiger partial charge in [0.2, 0.25) is 0 Å². The van der Waals surface area contributed by atoms with Crippen LogP contribution in [0.25, 0.3) is 0 Å². The Morgan fingerprint density at radius 2 is 1.74 bits per heavy atom. The van der Waals surface area contributed by atoms with Gasteiger partial charge in [-0.05, 0) is 62.7 Å². The summed E-state index contributed by atoms with van der Waals surface area (Å²) in [6.07, 6.45) is 14.3. The number of hydrogen-bond acceptors (Lipinski definition) is 4. The number of fused-ring (bicyclic) bond motifs is 4. The molecule has 0 unspecified atom stereocenters. The number of allylic oxidation sites excluding steroid dienone is 2. The molecular formula is C27H36O4. The van der Waals surface area contributed by atoms with Gasteiger partial charge in [0.25, 0.3) is 0 Å². The Morgan fingerprint density at radius 3 is 2.32 bits per heavy atom. The van der Waals surface area contributed by atoms with Crippen LogP contribution in [0.15, 0.2) is 11.1 Å². The highest BCUT2D eigenvalue weighted by Crippen LogP contribution is 2.69. The van der Waals surface area contributed by atoms with Gasteiger partial charge in [-0.15, -0.1) is 24.7 Å². The zero-order chi connectivity index (χ0) is 22.8. The summed E-state index contributed by atoms with van der Waals surface area (Å²) in [4.78, 5) is 14.2. The topological polar surface area (TPSA) is 77.8 Å². The zero-order valence-electron chi connectivity index (χ0n) is 19.0. The quantitative estimate of drug-likeness (QED) is 0.480. The fraction of sp³-hybridized carbons (Fsp3) is 0.741. The van der Waals surface area contributed by atoms with Crippen molar-refractivity contribution < 1.29 is 20.1 Å². The summed E-state index contributed by atoms with van der Waals surface area (Å²) >= 11 is 0. The number of terminal acetylenes is 2. The van der Waals surface area contributed by atoms with Crippen LogP contribution in [0, 0.1) is 58.7 Å². The van der Waals surface area contributed by atoms with E-state index in [1.54, 1.807) is 0 Å². The van der Waals surface area contributed by atoms with Gasteiger partial charge < -0.3 is 15.3 Å². The lowest BCUT2D eigenvalue weighted by molar-refractivity contribution is -0.148. The van der Waals surface area contributed by atoms with Gasteiger partial charge in [-0.25, -0.2) is 0 Å². The summed E-state index contributed by atoms with van der Waals surface area (Å²) in [7, 11) is 0. The minimum Gasteiger partial charge on any atom is -0.393 e. The summed E-state index contributed by atoms with van der Waals surface area (Å²) in [6.45, 7) is 6.24. The second-order valence-electron chi connectivity index (χ2n) is 11.1. The maximum absolute atomic E-state index is 14.2. The van der Waals surface area contributed by atoms with Gasteiger partial charge in [-0.1, -0.05) is 25.0 Å². The summed E-state index contributed by atoms with van der Waals surface area (Å²) in [6, 6.07) is 0. The first-order chi connectivity index (χ1) is 14.6. The van der Waals surface area contributed by atoms with Crippen molar-refractivity contribution in [3.63, 3.8) is 0 Å². The van der Waals surface area contributed by atoms with E-state index in [4.69, 9.17) is 12.8 Å². The first-order valence-corrected chi connectivity index (χ1v) is 11.8. The first kappa shape index (κ1) is 22.6. The van der Waals surface area contributed by atoms with Gasteiger partial charge in [0.1, 0.15) is 5.78 Å². The molecule has 2 fully saturated rings. The largest absolute Gasteiger partial charge is 0.393 e. The van der Waals surface area contributed by atoms with E-state index in [-0.39, 0.29) is 48.2 Å². The van der Waals surface area contributed by atoms with Crippen LogP contribution < -0.4 is 0 Å². The molecule has 0 aliphatic heterocycles. The fourth-order valence-electron chi connectivity index (χ4n) is 8.19. The number of aliphatic hydroxyl groups is 3. The Kier molecular flexibility index (Phi) is 5.45. The minimum absolute atomic E-state index is 0.0559. The molecule has 0 aromatic heterocycles. The number of Topliss-reactive ketones (excluding diaryl/α,β-unsaturated/α-hetero) is 1. The lowest BCUT2D eigenvalue weighted by atomic mass is 9.43. The summed E-state index contributed by atoms with van der Waals surface area (Å²) < 4.78 is 0. The number of carbonyl (C=O) groups excluding carboxylic acids is 1. The summed E-state index contributed by atoms with van der Waals surface area (Å²) in [5, 5.41) is 31.5. The Bertz CT molecular complexity index is 870. The Morgan fingerprint density at radius 1 is 1.10 bits per heavy atom. The SMILES string of the molecule is C#CCC1(CC#C)C(=O)[C@@H]2C[C@@H](O)[C@@H](O)C[C@]2(C)C2=C1[C@@H]1CC[C@H]([C@H](C)O)[C@@]1(C)CC2. The molecule has 168 valence electrons. The van der Waals surface area contributed by atoms with E-state index < -0.39 is 29.1 Å². The van der Waals surface area contributed by atoms with Crippen molar-refractivity contribution in [1.29, 1.82) is 0 Å². The normalized spacial score (nSPS) is 44.5. The van der Waals surface area contributed by atoms with E-state index in [1.807, 2.05) is 6.92 Å². The van der Waals surface area contributed by atoms with Crippen molar-refractivity contribution in [2.45, 2.75) is 90.4 Å². The van der Waals surface area contributed by atoms with Crippen LogP contribution in [0.1, 0.15) is 72.1 Å². The zero-order valence-corrected chi connectivity index (χ0v) is 19.0. The van der Waals surface area contributed by atoms with Gasteiger partial charge in [0, 0.05) is 24.2 Å². The predicted molar refractivity (Wildman–Crippen MR) is 119 cm³/mol. The van der Waals surface area contributed by atoms with Crippen LogP contribution in [0.3, 0.4) is 0 Å². The number of hydrogen-bond donors (Lipinski definition) is 3. The molecule has 0 spiro atoms. The summed E-state index contributed by atoms with van der Waals surface area (Å²) in [5.41, 5.74) is 0.903. The molecule has 0 heterocycles. The highest BCUT2D eigenvalue weighted by atomic mass is 16.3. The minimum atomic E-state index is -0.904. The van der Waals surface area contributed by atoms with Gasteiger partial charge in [-0.3, -0.25) is 4.79 Å². The molecule has 4 rings (SSSR count). The van der Waals surface area contributed by atoms with E-state index in [2.05, 4.69) is 25.7 Å². The Labute approximate surface area is 186 Å². The van der Waals surface area contributed by atoms with Gasteiger partial charge in [0.15, 0.2) is 0 Å². The molecule has 0 radical (unpaired) electrons. The molecule has 4 aliphatic rings. The standard InChI is InChI=1S/C27H36O4/c1-6-11-27(12-7-2)23-18-9-8-17(16(3)28)25(18,4)13-10-19(23)26(5)15-22(30)21(29)14-20(26)24(27)31/h1-2,16-18,20-22,28-30H,8-15H2,3-5H3/t16-,17+,18-,20-,21+,22-,25+,26+/m0/s1. The second-order valence-corrected chi connectivity index (χ2v) is 11.1. The van der Waals surface area contributed by atoms with Crippen LogP contribution in [0.2, 0.25) is 0 Å². The maximum Gasteiger partial charge on any atom is 0.149 e. The van der Waals surface area contributed by atoms with Crippen LogP contribution in [0.5, 0.6) is 0 Å². The van der Waals surface area contributed by atoms with E-state index in [9.17, 15) is 20.1 Å². The lowest BCUT2D eigenvalue weighted by Crippen LogP contribution is -2.59. The van der Waals surface area contributed by atoms with Crippen LogP contribution in [0.4, 0.5) is 0 Å². The molecule has 4 aliphatic carbocycles. The smallest absolute Gasteiger partial charge is 0.149 e. The molecule has 0 saturated heterocycles. The maximum atomic E-state index is 14.2. The fourth-order valence-corrected chi connectivity index (χ4v) is 8.19. The van der Waals surface area contributed by atoms with E-state index in [1.165, 1.54) is 5.57 Å². The monoisotopic (exact) mass is 424 g/mol. The van der Waals surface area contributed by atoms with Crippen molar-refractivity contribution in [2.75, 3.05) is 0 Å². The van der Waals surface area contributed by atoms with Crippen LogP contribution >= 0.6 is 0 Å². The van der Waals surface area contributed by atoms with Gasteiger partial charge in [0.05, 0.1) is 23.7 Å². The van der Waals surface area contributed by atoms with E-state index in [0.29, 0.717) is 6.42 Å². The second kappa shape index (κ2) is 7.48. The third-order valence-corrected chi connectivity index (χ3v) is 9.70. The highest BCUT2D eigenvalue weighted by molar-refractivity contribution is 5.94. The molecule has 8 atom stereocenters. The van der Waals surface area contributed by atoms with E-state index in [0.717, 1.165) is 31.3 Å². The number of aliphatic hydroxyl groups excluding tert-OH is 3. The number of ketones is 1. The van der Waals surface area contributed by atoms with Crippen molar-refractivity contribution in [2.24, 2.45) is 34.0 Å². The summed E-state index contributed by atoms with van der Waals surface area (Å²) in [5.74, 6) is 5.55. The third-order valence-electron chi connectivity index (χ3n) is 9.70. The highest BCUT2D eigenvalue weighted by Gasteiger charge is 2.65. The van der Waals surface area contributed by atoms with Gasteiger partial charge in [-0.2, -0.15) is 0 Å². The molecule has 4 nitrogen and oxygen atoms in total. The molecule has 0 bridgehead atoms. The predicted octanol–water partition coefficient (Wildman–Crippen LogP) is 3.24. The third kappa shape index (κ3) is 2.92. The van der Waals surface area contributed by atoms with Crippen molar-refractivity contribution in [3.05, 3.63) is 11.1 Å². The lowest BCUT2D eigenvalue weighted by Gasteiger charge is -2.59. The Balaban J connectivity index is 1.97. The molecule has 4 heteroatoms. The van der Waals surface area contributed by atoms with Crippen molar-refractivity contribution >= 4 is 5.78 Å².